The molecule has 0 bridgehead atoms. The van der Waals surface area contributed by atoms with Crippen LogP contribution >= 0.6 is 0 Å². The van der Waals surface area contributed by atoms with Crippen molar-refractivity contribution in [3.63, 3.8) is 0 Å². The highest BCUT2D eigenvalue weighted by Gasteiger charge is 2.14. The zero-order valence-corrected chi connectivity index (χ0v) is 9.00. The normalized spacial score (nSPS) is 16.6. The number of fused-ring (bicyclic) bond motifs is 1. The van der Waals surface area contributed by atoms with Gasteiger partial charge in [-0.2, -0.15) is 0 Å². The van der Waals surface area contributed by atoms with E-state index in [-0.39, 0.29) is 0 Å². The Bertz CT molecular complexity index is 293. The van der Waals surface area contributed by atoms with Crippen molar-refractivity contribution in [2.45, 2.75) is 32.7 Å². The smallest absolute Gasteiger partial charge is 0.0236 e. The summed E-state index contributed by atoms with van der Waals surface area (Å²) in [6, 6.07) is 8.85. The fraction of sp³-hybridized carbons (Fsp3) is 0.538. The standard InChI is InChI=1S/C13H19N/c1-2-3-9-14-10-8-12-6-4-5-7-13(12)11-14/h4-7H,2-3,8-11H2,1H3. The molecule has 0 spiro atoms. The first kappa shape index (κ1) is 9.72. The molecule has 0 atom stereocenters. The highest BCUT2D eigenvalue weighted by atomic mass is 15.1. The molecule has 0 aromatic heterocycles. The fourth-order valence-electron chi connectivity index (χ4n) is 2.13. The quantitative estimate of drug-likeness (QED) is 0.706. The molecule has 0 unspecified atom stereocenters. The van der Waals surface area contributed by atoms with Crippen molar-refractivity contribution in [3.8, 4) is 0 Å². The number of hydrogen-bond acceptors (Lipinski definition) is 1. The summed E-state index contributed by atoms with van der Waals surface area (Å²) < 4.78 is 0. The second-order valence-electron chi connectivity index (χ2n) is 4.15. The SMILES string of the molecule is CCCCN1CCc2ccccc2C1. The molecule has 1 aromatic carbocycles. The van der Waals surface area contributed by atoms with Gasteiger partial charge in [0.05, 0.1) is 0 Å². The Morgan fingerprint density at radius 1 is 1.21 bits per heavy atom. The van der Waals surface area contributed by atoms with E-state index < -0.39 is 0 Å². The van der Waals surface area contributed by atoms with Gasteiger partial charge in [0, 0.05) is 13.1 Å². The van der Waals surface area contributed by atoms with Crippen LogP contribution in [0.3, 0.4) is 0 Å². The Morgan fingerprint density at radius 2 is 2.00 bits per heavy atom. The second kappa shape index (κ2) is 4.61. The summed E-state index contributed by atoms with van der Waals surface area (Å²) in [5.74, 6) is 0. The molecule has 1 nitrogen and oxygen atoms in total. The van der Waals surface area contributed by atoms with Crippen LogP contribution in [0.25, 0.3) is 0 Å². The van der Waals surface area contributed by atoms with E-state index in [0.717, 1.165) is 6.54 Å². The molecule has 14 heavy (non-hydrogen) atoms. The van der Waals surface area contributed by atoms with Crippen molar-refractivity contribution >= 4 is 0 Å². The third-order valence-electron chi connectivity index (χ3n) is 3.04. The van der Waals surface area contributed by atoms with E-state index in [4.69, 9.17) is 0 Å². The average Bonchev–Trinajstić information content (AvgIpc) is 2.26. The van der Waals surface area contributed by atoms with Crippen LogP contribution < -0.4 is 0 Å². The highest BCUT2D eigenvalue weighted by Crippen LogP contribution is 2.18. The van der Waals surface area contributed by atoms with Crippen LogP contribution in [0.1, 0.15) is 30.9 Å². The lowest BCUT2D eigenvalue weighted by Crippen LogP contribution is -2.31. The largest absolute Gasteiger partial charge is 0.299 e. The average molecular weight is 189 g/mol. The van der Waals surface area contributed by atoms with Gasteiger partial charge in [0.15, 0.2) is 0 Å². The van der Waals surface area contributed by atoms with Gasteiger partial charge >= 0.3 is 0 Å². The number of hydrogen-bond donors (Lipinski definition) is 0. The minimum absolute atomic E-state index is 1.16. The van der Waals surface area contributed by atoms with Crippen molar-refractivity contribution in [1.29, 1.82) is 0 Å². The fourth-order valence-corrected chi connectivity index (χ4v) is 2.13. The number of benzene rings is 1. The van der Waals surface area contributed by atoms with E-state index in [1.807, 2.05) is 0 Å². The maximum atomic E-state index is 2.58. The van der Waals surface area contributed by atoms with Crippen molar-refractivity contribution in [2.75, 3.05) is 13.1 Å². The van der Waals surface area contributed by atoms with Crippen molar-refractivity contribution < 1.29 is 0 Å². The molecule has 0 fully saturated rings. The van der Waals surface area contributed by atoms with E-state index in [2.05, 4.69) is 36.1 Å². The monoisotopic (exact) mass is 189 g/mol. The van der Waals surface area contributed by atoms with Gasteiger partial charge in [-0.1, -0.05) is 37.6 Å². The Kier molecular flexibility index (Phi) is 3.20. The number of nitrogens with zero attached hydrogens (tertiary/aromatic N) is 1. The first-order valence-electron chi connectivity index (χ1n) is 5.69. The molecule has 76 valence electrons. The molecule has 1 aliphatic rings. The van der Waals surface area contributed by atoms with Gasteiger partial charge < -0.3 is 0 Å². The van der Waals surface area contributed by atoms with Gasteiger partial charge in [0.1, 0.15) is 0 Å². The summed E-state index contributed by atoms with van der Waals surface area (Å²) in [6.45, 7) is 5.94. The maximum Gasteiger partial charge on any atom is 0.0236 e. The molecule has 2 rings (SSSR count). The Balaban J connectivity index is 1.99. The van der Waals surface area contributed by atoms with Crippen LogP contribution in [0.4, 0.5) is 0 Å². The molecule has 1 aromatic rings. The third kappa shape index (κ3) is 2.16. The maximum absolute atomic E-state index is 2.58. The predicted molar refractivity (Wildman–Crippen MR) is 60.3 cm³/mol. The molecule has 0 N–H and O–H groups in total. The predicted octanol–water partition coefficient (Wildman–Crippen LogP) is 2.84. The van der Waals surface area contributed by atoms with Crippen LogP contribution in [-0.4, -0.2) is 18.0 Å². The van der Waals surface area contributed by atoms with E-state index >= 15 is 0 Å². The molecule has 0 saturated heterocycles. The Labute approximate surface area is 86.7 Å². The third-order valence-corrected chi connectivity index (χ3v) is 3.04. The number of unbranched alkanes of at least 4 members (excludes halogenated alkanes) is 1. The lowest BCUT2D eigenvalue weighted by atomic mass is 10.00. The van der Waals surface area contributed by atoms with Gasteiger partial charge in [-0.15, -0.1) is 0 Å². The molecule has 0 saturated carbocycles. The van der Waals surface area contributed by atoms with E-state index in [9.17, 15) is 0 Å². The van der Waals surface area contributed by atoms with Crippen LogP contribution in [0.5, 0.6) is 0 Å². The topological polar surface area (TPSA) is 3.24 Å². The second-order valence-corrected chi connectivity index (χ2v) is 4.15. The lowest BCUT2D eigenvalue weighted by molar-refractivity contribution is 0.250. The molecule has 0 radical (unpaired) electrons. The van der Waals surface area contributed by atoms with Gasteiger partial charge in [-0.25, -0.2) is 0 Å². The van der Waals surface area contributed by atoms with Gasteiger partial charge in [0.25, 0.3) is 0 Å². The van der Waals surface area contributed by atoms with E-state index in [1.165, 1.54) is 37.9 Å². The molecule has 1 aliphatic heterocycles. The van der Waals surface area contributed by atoms with Gasteiger partial charge in [-0.3, -0.25) is 4.90 Å². The van der Waals surface area contributed by atoms with Crippen molar-refractivity contribution in [3.05, 3.63) is 35.4 Å². The summed E-state index contributed by atoms with van der Waals surface area (Å²) in [6.07, 6.45) is 3.88. The molecule has 0 amide bonds. The molecule has 1 heterocycles. The minimum Gasteiger partial charge on any atom is -0.299 e. The summed E-state index contributed by atoms with van der Waals surface area (Å²) in [5, 5.41) is 0. The molecule has 1 heteroatoms. The molecular formula is C13H19N. The zero-order chi connectivity index (χ0) is 9.80. The van der Waals surface area contributed by atoms with Gasteiger partial charge in [0.2, 0.25) is 0 Å². The molecular weight excluding hydrogens is 170 g/mol. The van der Waals surface area contributed by atoms with Crippen LogP contribution in [-0.2, 0) is 13.0 Å². The summed E-state index contributed by atoms with van der Waals surface area (Å²) in [7, 11) is 0. The first-order chi connectivity index (χ1) is 6.90. The Hall–Kier alpha value is -0.820. The summed E-state index contributed by atoms with van der Waals surface area (Å²) in [5.41, 5.74) is 3.09. The van der Waals surface area contributed by atoms with Crippen LogP contribution in [0.15, 0.2) is 24.3 Å². The highest BCUT2D eigenvalue weighted by molar-refractivity contribution is 5.28. The molecule has 0 aliphatic carbocycles. The summed E-state index contributed by atoms with van der Waals surface area (Å²) in [4.78, 5) is 2.58. The minimum atomic E-state index is 1.16. The number of rotatable bonds is 3. The van der Waals surface area contributed by atoms with Crippen LogP contribution in [0.2, 0.25) is 0 Å². The van der Waals surface area contributed by atoms with Gasteiger partial charge in [-0.05, 0) is 30.5 Å². The van der Waals surface area contributed by atoms with Crippen molar-refractivity contribution in [2.24, 2.45) is 0 Å². The zero-order valence-electron chi connectivity index (χ0n) is 9.00. The Morgan fingerprint density at radius 3 is 2.79 bits per heavy atom. The van der Waals surface area contributed by atoms with Crippen molar-refractivity contribution in [1.82, 2.24) is 4.90 Å². The van der Waals surface area contributed by atoms with E-state index in [0.29, 0.717) is 0 Å². The summed E-state index contributed by atoms with van der Waals surface area (Å²) >= 11 is 0. The van der Waals surface area contributed by atoms with E-state index in [1.54, 1.807) is 5.56 Å². The van der Waals surface area contributed by atoms with Crippen LogP contribution in [0, 0.1) is 0 Å². The lowest BCUT2D eigenvalue weighted by Gasteiger charge is -2.28. The first-order valence-corrected chi connectivity index (χ1v) is 5.69.